The van der Waals surface area contributed by atoms with Gasteiger partial charge in [-0.05, 0) is 56.0 Å². The standard InChI is InChI=1S/C16H21NS2/c1-13(2)5-4-6-15(17-3)12-19-11-14-7-9-16(18)10-8-14/h7-10,12,18H,1,3-6,11H2,2H3/b15-12-. The number of thiol groups is 1. The molecule has 19 heavy (non-hydrogen) atoms. The molecule has 3 heteroatoms. The van der Waals surface area contributed by atoms with Crippen LogP contribution < -0.4 is 0 Å². The minimum Gasteiger partial charge on any atom is -0.269 e. The third-order valence-corrected chi connectivity index (χ3v) is 3.88. The fraction of sp³-hybridized carbons (Fsp3) is 0.312. The maximum atomic E-state index is 4.28. The van der Waals surface area contributed by atoms with Gasteiger partial charge in [0.2, 0.25) is 0 Å². The van der Waals surface area contributed by atoms with Crippen LogP contribution in [0.5, 0.6) is 0 Å². The Morgan fingerprint density at radius 3 is 2.58 bits per heavy atom. The molecule has 0 atom stereocenters. The fourth-order valence-electron chi connectivity index (χ4n) is 1.57. The van der Waals surface area contributed by atoms with Crippen LogP contribution in [-0.4, -0.2) is 6.72 Å². The molecule has 0 aliphatic heterocycles. The maximum absolute atomic E-state index is 4.28. The Balaban J connectivity index is 2.38. The van der Waals surface area contributed by atoms with Gasteiger partial charge in [-0.15, -0.1) is 31.0 Å². The predicted octanol–water partition coefficient (Wildman–Crippen LogP) is 5.50. The van der Waals surface area contributed by atoms with Crippen LogP contribution in [-0.2, 0) is 5.75 Å². The molecule has 1 aromatic carbocycles. The van der Waals surface area contributed by atoms with Crippen molar-refractivity contribution in [1.82, 2.24) is 0 Å². The van der Waals surface area contributed by atoms with Gasteiger partial charge in [-0.2, -0.15) is 0 Å². The van der Waals surface area contributed by atoms with Crippen LogP contribution in [0, 0.1) is 0 Å². The third kappa shape index (κ3) is 7.28. The monoisotopic (exact) mass is 291 g/mol. The van der Waals surface area contributed by atoms with Crippen molar-refractivity contribution in [2.24, 2.45) is 4.99 Å². The topological polar surface area (TPSA) is 12.4 Å². The largest absolute Gasteiger partial charge is 0.269 e. The van der Waals surface area contributed by atoms with E-state index in [9.17, 15) is 0 Å². The van der Waals surface area contributed by atoms with Crippen LogP contribution >= 0.6 is 24.4 Å². The summed E-state index contributed by atoms with van der Waals surface area (Å²) in [6.45, 7) is 9.60. The first-order valence-electron chi connectivity index (χ1n) is 6.31. The van der Waals surface area contributed by atoms with E-state index in [-0.39, 0.29) is 0 Å². The lowest BCUT2D eigenvalue weighted by atomic mass is 10.1. The summed E-state index contributed by atoms with van der Waals surface area (Å²) in [5.41, 5.74) is 3.59. The molecule has 0 unspecified atom stereocenters. The van der Waals surface area contributed by atoms with E-state index in [1.807, 2.05) is 12.1 Å². The maximum Gasteiger partial charge on any atom is 0.0459 e. The van der Waals surface area contributed by atoms with Crippen molar-refractivity contribution in [3.8, 4) is 0 Å². The highest BCUT2D eigenvalue weighted by Crippen LogP contribution is 2.20. The summed E-state index contributed by atoms with van der Waals surface area (Å²) in [4.78, 5) is 5.08. The molecule has 0 saturated carbocycles. The van der Waals surface area contributed by atoms with Crippen LogP contribution in [0.2, 0.25) is 0 Å². The minimum atomic E-state index is 0.952. The van der Waals surface area contributed by atoms with Crippen LogP contribution in [0.3, 0.4) is 0 Å². The van der Waals surface area contributed by atoms with E-state index in [1.165, 1.54) is 11.1 Å². The van der Waals surface area contributed by atoms with Gasteiger partial charge in [-0.25, -0.2) is 0 Å². The smallest absolute Gasteiger partial charge is 0.0459 e. The first kappa shape index (κ1) is 16.1. The molecule has 0 saturated heterocycles. The lowest BCUT2D eigenvalue weighted by Crippen LogP contribution is -1.82. The van der Waals surface area contributed by atoms with E-state index in [4.69, 9.17) is 0 Å². The van der Waals surface area contributed by atoms with Crippen molar-refractivity contribution >= 4 is 31.1 Å². The van der Waals surface area contributed by atoms with Crippen molar-refractivity contribution < 1.29 is 0 Å². The minimum absolute atomic E-state index is 0.952. The van der Waals surface area contributed by atoms with Crippen molar-refractivity contribution in [2.45, 2.75) is 36.8 Å². The van der Waals surface area contributed by atoms with Gasteiger partial charge in [-0.3, -0.25) is 4.99 Å². The van der Waals surface area contributed by atoms with Gasteiger partial charge in [0.1, 0.15) is 0 Å². The summed E-state index contributed by atoms with van der Waals surface area (Å²) in [6.07, 6.45) is 3.12. The SMILES string of the molecule is C=N/C(=C\SCc1ccc(S)cc1)CCCC(=C)C. The quantitative estimate of drug-likeness (QED) is 0.379. The van der Waals surface area contributed by atoms with Crippen LogP contribution in [0.4, 0.5) is 0 Å². The number of aliphatic imine (C=N–C) groups is 1. The number of benzene rings is 1. The van der Waals surface area contributed by atoms with E-state index in [2.05, 4.69) is 55.4 Å². The summed E-state index contributed by atoms with van der Waals surface area (Å²) < 4.78 is 0. The first-order valence-corrected chi connectivity index (χ1v) is 7.81. The van der Waals surface area contributed by atoms with Crippen LogP contribution in [0.1, 0.15) is 31.7 Å². The van der Waals surface area contributed by atoms with Crippen molar-refractivity contribution in [3.63, 3.8) is 0 Å². The molecule has 102 valence electrons. The molecule has 0 aliphatic carbocycles. The molecule has 0 fully saturated rings. The van der Waals surface area contributed by atoms with Crippen molar-refractivity contribution in [2.75, 3.05) is 0 Å². The van der Waals surface area contributed by atoms with Gasteiger partial charge < -0.3 is 0 Å². The van der Waals surface area contributed by atoms with E-state index >= 15 is 0 Å². The zero-order chi connectivity index (χ0) is 14.1. The molecule has 1 nitrogen and oxygen atoms in total. The lowest BCUT2D eigenvalue weighted by molar-refractivity contribution is 0.802. The number of nitrogens with zero attached hydrogens (tertiary/aromatic N) is 1. The molecule has 0 amide bonds. The summed E-state index contributed by atoms with van der Waals surface area (Å²) in [5, 5.41) is 2.11. The number of hydrogen-bond acceptors (Lipinski definition) is 3. The number of thioether (sulfide) groups is 1. The summed E-state index contributed by atoms with van der Waals surface area (Å²) in [7, 11) is 0. The summed E-state index contributed by atoms with van der Waals surface area (Å²) in [5.74, 6) is 0.952. The third-order valence-electron chi connectivity index (χ3n) is 2.65. The van der Waals surface area contributed by atoms with E-state index in [0.29, 0.717) is 0 Å². The zero-order valence-corrected chi connectivity index (χ0v) is 13.1. The molecular formula is C16H21NS2. The second-order valence-corrected chi connectivity index (χ2v) is 5.93. The highest BCUT2D eigenvalue weighted by atomic mass is 32.2. The fourth-order valence-corrected chi connectivity index (χ4v) is 2.57. The Labute approximate surface area is 126 Å². The van der Waals surface area contributed by atoms with Gasteiger partial charge in [0.05, 0.1) is 0 Å². The first-order chi connectivity index (χ1) is 9.11. The van der Waals surface area contributed by atoms with Crippen molar-refractivity contribution in [3.05, 3.63) is 53.1 Å². The lowest BCUT2D eigenvalue weighted by Gasteiger charge is -2.03. The number of hydrogen-bond donors (Lipinski definition) is 1. The molecular weight excluding hydrogens is 270 g/mol. The second-order valence-electron chi connectivity index (χ2n) is 4.56. The Morgan fingerprint density at radius 2 is 2.00 bits per heavy atom. The van der Waals surface area contributed by atoms with Crippen molar-refractivity contribution in [1.29, 1.82) is 0 Å². The van der Waals surface area contributed by atoms with Gasteiger partial charge >= 0.3 is 0 Å². The Hall–Kier alpha value is -0.930. The number of allylic oxidation sites excluding steroid dienone is 2. The van der Waals surface area contributed by atoms with Gasteiger partial charge in [0, 0.05) is 16.3 Å². The molecule has 0 heterocycles. The Bertz CT molecular complexity index is 446. The summed E-state index contributed by atoms with van der Waals surface area (Å²) >= 11 is 6.04. The highest BCUT2D eigenvalue weighted by Gasteiger charge is 1.97. The average Bonchev–Trinajstić information content (AvgIpc) is 2.39. The Kier molecular flexibility index (Phi) is 7.68. The van der Waals surface area contributed by atoms with Gasteiger partial charge in [0.25, 0.3) is 0 Å². The molecule has 0 radical (unpaired) electrons. The van der Waals surface area contributed by atoms with E-state index in [0.717, 1.165) is 35.6 Å². The Morgan fingerprint density at radius 1 is 1.32 bits per heavy atom. The molecule has 0 aromatic heterocycles. The second kappa shape index (κ2) is 9.05. The van der Waals surface area contributed by atoms with Crippen LogP contribution in [0.25, 0.3) is 0 Å². The molecule has 1 rings (SSSR count). The molecule has 0 spiro atoms. The molecule has 0 N–H and O–H groups in total. The predicted molar refractivity (Wildman–Crippen MR) is 91.3 cm³/mol. The van der Waals surface area contributed by atoms with E-state index in [1.54, 1.807) is 11.8 Å². The highest BCUT2D eigenvalue weighted by molar-refractivity contribution is 8.01. The zero-order valence-electron chi connectivity index (χ0n) is 11.4. The molecule has 0 aliphatic rings. The molecule has 0 bridgehead atoms. The normalized spacial score (nSPS) is 11.4. The van der Waals surface area contributed by atoms with Gasteiger partial charge in [-0.1, -0.05) is 17.7 Å². The molecule has 1 aromatic rings. The summed E-state index contributed by atoms with van der Waals surface area (Å²) in [6, 6.07) is 8.24. The van der Waals surface area contributed by atoms with Gasteiger partial charge in [0.15, 0.2) is 0 Å². The average molecular weight is 291 g/mol. The number of rotatable bonds is 8. The van der Waals surface area contributed by atoms with Crippen LogP contribution in [0.15, 0.2) is 57.4 Å². The van der Waals surface area contributed by atoms with E-state index < -0.39 is 0 Å².